The molecule has 0 spiro atoms. The summed E-state index contributed by atoms with van der Waals surface area (Å²) >= 11 is 0. The molecule has 1 aromatic rings. The van der Waals surface area contributed by atoms with Crippen molar-refractivity contribution in [2.45, 2.75) is 39.9 Å². The Morgan fingerprint density at radius 3 is 2.47 bits per heavy atom. The molecule has 0 amide bonds. The van der Waals surface area contributed by atoms with E-state index < -0.39 is 0 Å². The van der Waals surface area contributed by atoms with E-state index >= 15 is 0 Å². The molecule has 4 nitrogen and oxygen atoms in total. The summed E-state index contributed by atoms with van der Waals surface area (Å²) in [5.74, 6) is -0.472. The number of hydroxylamine groups is 1. The van der Waals surface area contributed by atoms with E-state index in [1.165, 1.54) is 0 Å². The molecule has 19 heavy (non-hydrogen) atoms. The fourth-order valence-corrected chi connectivity index (χ4v) is 1.34. The summed E-state index contributed by atoms with van der Waals surface area (Å²) in [7, 11) is 0. The second-order valence-electron chi connectivity index (χ2n) is 5.56. The Hall–Kier alpha value is -1.39. The van der Waals surface area contributed by atoms with Crippen molar-refractivity contribution >= 4 is 5.97 Å². The van der Waals surface area contributed by atoms with Gasteiger partial charge in [-0.05, 0) is 26.3 Å². The van der Waals surface area contributed by atoms with Crippen molar-refractivity contribution in [3.05, 3.63) is 35.9 Å². The topological polar surface area (TPSA) is 47.6 Å². The van der Waals surface area contributed by atoms with Gasteiger partial charge in [-0.2, -0.15) is 0 Å². The van der Waals surface area contributed by atoms with Gasteiger partial charge in [0.1, 0.15) is 6.61 Å². The highest BCUT2D eigenvalue weighted by atomic mass is 16.7. The Morgan fingerprint density at radius 2 is 1.89 bits per heavy atom. The van der Waals surface area contributed by atoms with Gasteiger partial charge < -0.3 is 4.74 Å². The summed E-state index contributed by atoms with van der Waals surface area (Å²) in [5, 5.41) is 0. The predicted molar refractivity (Wildman–Crippen MR) is 74.2 cm³/mol. The number of benzene rings is 1. The lowest BCUT2D eigenvalue weighted by molar-refractivity contribution is -0.151. The van der Waals surface area contributed by atoms with Gasteiger partial charge in [0.15, 0.2) is 0 Å². The zero-order chi connectivity index (χ0) is 14.3. The Kier molecular flexibility index (Phi) is 5.99. The van der Waals surface area contributed by atoms with Gasteiger partial charge >= 0.3 is 5.97 Å². The van der Waals surface area contributed by atoms with E-state index in [4.69, 9.17) is 9.57 Å². The van der Waals surface area contributed by atoms with Crippen LogP contribution >= 0.6 is 0 Å². The first-order valence-corrected chi connectivity index (χ1v) is 6.50. The molecule has 0 aromatic heterocycles. The molecule has 1 aromatic carbocycles. The van der Waals surface area contributed by atoms with Gasteiger partial charge in [-0.15, -0.1) is 0 Å². The quantitative estimate of drug-likeness (QED) is 0.634. The lowest BCUT2D eigenvalue weighted by Gasteiger charge is -2.20. The van der Waals surface area contributed by atoms with Crippen molar-refractivity contribution in [2.75, 3.05) is 6.54 Å². The molecule has 0 heterocycles. The van der Waals surface area contributed by atoms with Crippen molar-refractivity contribution in [2.24, 2.45) is 5.92 Å². The molecule has 1 atom stereocenters. The van der Waals surface area contributed by atoms with Crippen LogP contribution in [0.2, 0.25) is 0 Å². The third-order valence-corrected chi connectivity index (χ3v) is 2.39. The molecule has 106 valence electrons. The third kappa shape index (κ3) is 6.94. The minimum atomic E-state index is -0.270. The van der Waals surface area contributed by atoms with Crippen LogP contribution in [0.15, 0.2) is 30.3 Å². The summed E-state index contributed by atoms with van der Waals surface area (Å²) < 4.78 is 5.24. The number of hydrogen-bond donors (Lipinski definition) is 1. The summed E-state index contributed by atoms with van der Waals surface area (Å²) in [6.07, 6.45) is 0. The minimum absolute atomic E-state index is 0.228. The fraction of sp³-hybridized carbons (Fsp3) is 0.533. The number of esters is 1. The molecule has 0 radical (unpaired) electrons. The van der Waals surface area contributed by atoms with Gasteiger partial charge in [-0.1, -0.05) is 37.3 Å². The molecule has 0 saturated heterocycles. The maximum atomic E-state index is 11.8. The predicted octanol–water partition coefficient (Wildman–Crippen LogP) is 2.69. The average Bonchev–Trinajstić information content (AvgIpc) is 2.35. The van der Waals surface area contributed by atoms with Crippen molar-refractivity contribution in [3.63, 3.8) is 0 Å². The van der Waals surface area contributed by atoms with Crippen LogP contribution in [0.4, 0.5) is 0 Å². The van der Waals surface area contributed by atoms with E-state index in [0.29, 0.717) is 13.2 Å². The number of ether oxygens (including phenoxy) is 1. The average molecular weight is 265 g/mol. The molecule has 0 aliphatic rings. The maximum absolute atomic E-state index is 11.8. The molecule has 1 rings (SSSR count). The Balaban J connectivity index is 2.25. The van der Waals surface area contributed by atoms with Crippen LogP contribution < -0.4 is 5.48 Å². The van der Waals surface area contributed by atoms with Crippen molar-refractivity contribution in [1.82, 2.24) is 5.48 Å². The number of carbonyl (C=O) groups excluding carboxylic acids is 1. The van der Waals surface area contributed by atoms with Crippen LogP contribution in [0.5, 0.6) is 0 Å². The summed E-state index contributed by atoms with van der Waals surface area (Å²) in [6.45, 7) is 8.39. The molecule has 1 N–H and O–H groups in total. The zero-order valence-electron chi connectivity index (χ0n) is 12.1. The van der Waals surface area contributed by atoms with Gasteiger partial charge in [-0.3, -0.25) is 9.63 Å². The number of nitrogens with one attached hydrogen (secondary N) is 1. The van der Waals surface area contributed by atoms with E-state index in [2.05, 4.69) is 5.48 Å². The zero-order valence-corrected chi connectivity index (χ0v) is 12.1. The summed E-state index contributed by atoms with van der Waals surface area (Å²) in [5.41, 5.74) is 3.52. The largest absolute Gasteiger partial charge is 0.461 e. The van der Waals surface area contributed by atoms with E-state index in [9.17, 15) is 4.79 Å². The van der Waals surface area contributed by atoms with Crippen molar-refractivity contribution < 1.29 is 14.4 Å². The van der Waals surface area contributed by atoms with E-state index in [1.54, 1.807) is 0 Å². The first-order valence-electron chi connectivity index (χ1n) is 6.50. The lowest BCUT2D eigenvalue weighted by atomic mass is 10.2. The molecule has 0 bridgehead atoms. The standard InChI is InChI=1S/C15H23NO3/c1-12(10-16-19-15(2,3)4)14(17)18-11-13-8-6-5-7-9-13/h5-9,12,16H,10-11H2,1-4H3. The van der Waals surface area contributed by atoms with Gasteiger partial charge in [0, 0.05) is 6.54 Å². The van der Waals surface area contributed by atoms with Crippen LogP contribution in [0.1, 0.15) is 33.3 Å². The molecule has 0 saturated carbocycles. The Morgan fingerprint density at radius 1 is 1.26 bits per heavy atom. The minimum Gasteiger partial charge on any atom is -0.461 e. The lowest BCUT2D eigenvalue weighted by Crippen LogP contribution is -2.34. The Labute approximate surface area is 115 Å². The normalized spacial score (nSPS) is 13.1. The highest BCUT2D eigenvalue weighted by Crippen LogP contribution is 2.06. The van der Waals surface area contributed by atoms with Crippen LogP contribution in [-0.2, 0) is 21.0 Å². The highest BCUT2D eigenvalue weighted by molar-refractivity contribution is 5.72. The fourth-order valence-electron chi connectivity index (χ4n) is 1.34. The van der Waals surface area contributed by atoms with Crippen LogP contribution in [0.3, 0.4) is 0 Å². The maximum Gasteiger partial charge on any atom is 0.310 e. The SMILES string of the molecule is CC(CNOC(C)(C)C)C(=O)OCc1ccccc1. The van der Waals surface area contributed by atoms with Gasteiger partial charge in [0.25, 0.3) is 0 Å². The van der Waals surface area contributed by atoms with E-state index in [-0.39, 0.29) is 17.5 Å². The number of carbonyl (C=O) groups is 1. The Bertz CT molecular complexity index is 384. The third-order valence-electron chi connectivity index (χ3n) is 2.39. The van der Waals surface area contributed by atoms with Crippen molar-refractivity contribution in [3.8, 4) is 0 Å². The summed E-state index contributed by atoms with van der Waals surface area (Å²) in [4.78, 5) is 17.1. The number of hydrogen-bond acceptors (Lipinski definition) is 4. The van der Waals surface area contributed by atoms with Crippen LogP contribution in [-0.4, -0.2) is 18.1 Å². The molecule has 1 unspecified atom stereocenters. The highest BCUT2D eigenvalue weighted by Gasteiger charge is 2.16. The molecule has 4 heteroatoms. The molecule has 0 aliphatic carbocycles. The number of rotatable bonds is 6. The van der Waals surface area contributed by atoms with Gasteiger partial charge in [0.2, 0.25) is 0 Å². The van der Waals surface area contributed by atoms with Crippen LogP contribution in [0.25, 0.3) is 0 Å². The smallest absolute Gasteiger partial charge is 0.310 e. The molecular weight excluding hydrogens is 242 g/mol. The molecular formula is C15H23NO3. The molecule has 0 fully saturated rings. The second-order valence-corrected chi connectivity index (χ2v) is 5.56. The molecule has 0 aliphatic heterocycles. The van der Waals surface area contributed by atoms with Gasteiger partial charge in [-0.25, -0.2) is 5.48 Å². The van der Waals surface area contributed by atoms with Crippen molar-refractivity contribution in [1.29, 1.82) is 0 Å². The monoisotopic (exact) mass is 265 g/mol. The first kappa shape index (κ1) is 15.7. The van der Waals surface area contributed by atoms with E-state index in [1.807, 2.05) is 58.0 Å². The van der Waals surface area contributed by atoms with Gasteiger partial charge in [0.05, 0.1) is 11.5 Å². The first-order chi connectivity index (χ1) is 8.88. The summed E-state index contributed by atoms with van der Waals surface area (Å²) in [6, 6.07) is 9.64. The van der Waals surface area contributed by atoms with E-state index in [0.717, 1.165) is 5.56 Å². The second kappa shape index (κ2) is 7.26. The van der Waals surface area contributed by atoms with Crippen LogP contribution in [0, 0.1) is 5.92 Å².